The summed E-state index contributed by atoms with van der Waals surface area (Å²) >= 11 is 0. The number of hydrogen-bond donors (Lipinski definition) is 2. The number of hydrogen-bond acceptors (Lipinski definition) is 3. The van der Waals surface area contributed by atoms with Crippen LogP contribution in [0.2, 0.25) is 0 Å². The molecule has 0 spiro atoms. The maximum Gasteiger partial charge on any atom is 0.239 e. The highest BCUT2D eigenvalue weighted by Gasteiger charge is 2.35. The molecule has 1 aliphatic heterocycles. The Morgan fingerprint density at radius 1 is 1.33 bits per heavy atom. The summed E-state index contributed by atoms with van der Waals surface area (Å²) < 4.78 is 5.54. The van der Waals surface area contributed by atoms with Crippen LogP contribution < -0.4 is 10.6 Å². The summed E-state index contributed by atoms with van der Waals surface area (Å²) in [6.45, 7) is 4.36. The first-order chi connectivity index (χ1) is 8.58. The van der Waals surface area contributed by atoms with E-state index in [4.69, 9.17) is 4.42 Å². The number of piperazine rings is 1. The van der Waals surface area contributed by atoms with Crippen molar-refractivity contribution in [2.24, 2.45) is 0 Å². The third-order valence-corrected chi connectivity index (χ3v) is 3.45. The molecule has 2 aromatic rings. The Labute approximate surface area is 105 Å². The van der Waals surface area contributed by atoms with Gasteiger partial charge in [-0.1, -0.05) is 18.2 Å². The number of rotatable bonds is 1. The highest BCUT2D eigenvalue weighted by molar-refractivity contribution is 5.87. The molecular formula is C14H16N2O2. The molecular weight excluding hydrogens is 228 g/mol. The van der Waals surface area contributed by atoms with Gasteiger partial charge in [-0.25, -0.2) is 0 Å². The van der Waals surface area contributed by atoms with Gasteiger partial charge in [0.25, 0.3) is 0 Å². The van der Waals surface area contributed by atoms with Crippen LogP contribution >= 0.6 is 0 Å². The normalized spacial score (nSPS) is 23.0. The molecule has 1 atom stereocenters. The average Bonchev–Trinajstić information content (AvgIpc) is 2.80. The molecule has 1 fully saturated rings. The molecule has 1 aliphatic rings. The number of furan rings is 1. The number of nitrogens with one attached hydrogen (secondary N) is 2. The minimum Gasteiger partial charge on any atom is -0.464 e. The molecule has 1 aromatic heterocycles. The summed E-state index contributed by atoms with van der Waals surface area (Å²) in [7, 11) is 0. The molecule has 1 unspecified atom stereocenters. The van der Waals surface area contributed by atoms with Crippen molar-refractivity contribution in [3.63, 3.8) is 0 Å². The van der Waals surface area contributed by atoms with E-state index in [1.807, 2.05) is 38.1 Å². The van der Waals surface area contributed by atoms with Crippen molar-refractivity contribution < 1.29 is 9.21 Å². The maximum absolute atomic E-state index is 11.7. The summed E-state index contributed by atoms with van der Waals surface area (Å²) in [5, 5.41) is 7.39. The van der Waals surface area contributed by atoms with E-state index in [0.29, 0.717) is 6.54 Å². The molecule has 0 bridgehead atoms. The molecule has 4 heteroatoms. The van der Waals surface area contributed by atoms with Gasteiger partial charge < -0.3 is 9.73 Å². The lowest BCUT2D eigenvalue weighted by atomic mass is 9.95. The topological polar surface area (TPSA) is 54.3 Å². The molecule has 3 rings (SSSR count). The fourth-order valence-electron chi connectivity index (χ4n) is 2.45. The van der Waals surface area contributed by atoms with Gasteiger partial charge in [0.1, 0.15) is 5.58 Å². The fraction of sp³-hybridized carbons (Fsp3) is 0.357. The zero-order chi connectivity index (χ0) is 12.8. The number of fused-ring (bicyclic) bond motifs is 1. The van der Waals surface area contributed by atoms with Crippen molar-refractivity contribution in [1.29, 1.82) is 0 Å². The molecule has 18 heavy (non-hydrogen) atoms. The molecule has 1 saturated heterocycles. The molecule has 1 aromatic carbocycles. The maximum atomic E-state index is 11.7. The van der Waals surface area contributed by atoms with Crippen LogP contribution in [0.25, 0.3) is 11.0 Å². The van der Waals surface area contributed by atoms with Crippen molar-refractivity contribution in [3.8, 4) is 0 Å². The van der Waals surface area contributed by atoms with E-state index in [9.17, 15) is 4.79 Å². The molecule has 0 saturated carbocycles. The van der Waals surface area contributed by atoms with Gasteiger partial charge in [-0.05, 0) is 19.9 Å². The van der Waals surface area contributed by atoms with Crippen LogP contribution in [0.4, 0.5) is 0 Å². The lowest BCUT2D eigenvalue weighted by molar-refractivity contribution is -0.128. The van der Waals surface area contributed by atoms with Gasteiger partial charge in [0.05, 0.1) is 17.8 Å². The van der Waals surface area contributed by atoms with E-state index in [2.05, 4.69) is 10.6 Å². The first-order valence-corrected chi connectivity index (χ1v) is 6.10. The second-order valence-electron chi connectivity index (χ2n) is 5.22. The van der Waals surface area contributed by atoms with Crippen molar-refractivity contribution in [2.45, 2.75) is 25.4 Å². The van der Waals surface area contributed by atoms with Crippen molar-refractivity contribution in [2.75, 3.05) is 6.54 Å². The lowest BCUT2D eigenvalue weighted by Crippen LogP contribution is -2.60. The number of para-hydroxylation sites is 1. The molecule has 0 radical (unpaired) electrons. The summed E-state index contributed by atoms with van der Waals surface area (Å²) in [6.07, 6.45) is 1.70. The third-order valence-electron chi connectivity index (χ3n) is 3.45. The van der Waals surface area contributed by atoms with E-state index in [1.54, 1.807) is 6.26 Å². The summed E-state index contributed by atoms with van der Waals surface area (Å²) in [4.78, 5) is 11.7. The second-order valence-corrected chi connectivity index (χ2v) is 5.22. The minimum atomic E-state index is -0.558. The highest BCUT2D eigenvalue weighted by Crippen LogP contribution is 2.28. The Morgan fingerprint density at radius 3 is 2.94 bits per heavy atom. The smallest absolute Gasteiger partial charge is 0.239 e. The Kier molecular flexibility index (Phi) is 2.41. The molecule has 2 N–H and O–H groups in total. The van der Waals surface area contributed by atoms with Crippen LogP contribution in [0.1, 0.15) is 25.5 Å². The van der Waals surface area contributed by atoms with Gasteiger partial charge >= 0.3 is 0 Å². The monoisotopic (exact) mass is 244 g/mol. The predicted molar refractivity (Wildman–Crippen MR) is 69.2 cm³/mol. The number of carbonyl (C=O) groups excluding carboxylic acids is 1. The SMILES string of the molecule is CC1(C)NC(c2cccc3ccoc23)CNC1=O. The van der Waals surface area contributed by atoms with Gasteiger partial charge in [0.2, 0.25) is 5.91 Å². The molecule has 4 nitrogen and oxygen atoms in total. The zero-order valence-electron chi connectivity index (χ0n) is 10.5. The third kappa shape index (κ3) is 1.69. The standard InChI is InChI=1S/C14H16N2O2/c1-14(2)13(17)15-8-11(16-14)10-5-3-4-9-6-7-18-12(9)10/h3-7,11,16H,8H2,1-2H3,(H,15,17). The Bertz CT molecular complexity index is 601. The highest BCUT2D eigenvalue weighted by atomic mass is 16.3. The van der Waals surface area contributed by atoms with E-state index >= 15 is 0 Å². The van der Waals surface area contributed by atoms with Crippen LogP contribution in [0, 0.1) is 0 Å². The fourth-order valence-corrected chi connectivity index (χ4v) is 2.45. The second kappa shape index (κ2) is 3.85. The van der Waals surface area contributed by atoms with Crippen LogP contribution in [-0.4, -0.2) is 18.0 Å². The largest absolute Gasteiger partial charge is 0.464 e. The quantitative estimate of drug-likeness (QED) is 0.806. The van der Waals surface area contributed by atoms with Gasteiger partial charge in [-0.3, -0.25) is 10.1 Å². The summed E-state index contributed by atoms with van der Waals surface area (Å²) in [5.74, 6) is 0.0327. The first-order valence-electron chi connectivity index (χ1n) is 6.10. The summed E-state index contributed by atoms with van der Waals surface area (Å²) in [6, 6.07) is 8.10. The van der Waals surface area contributed by atoms with Gasteiger partial charge in [-0.2, -0.15) is 0 Å². The van der Waals surface area contributed by atoms with Crippen LogP contribution in [-0.2, 0) is 4.79 Å². The number of benzene rings is 1. The number of amides is 1. The molecule has 0 aliphatic carbocycles. The van der Waals surface area contributed by atoms with Gasteiger partial charge in [0.15, 0.2) is 0 Å². The van der Waals surface area contributed by atoms with Crippen LogP contribution in [0.15, 0.2) is 34.9 Å². The Morgan fingerprint density at radius 2 is 2.17 bits per heavy atom. The number of carbonyl (C=O) groups is 1. The molecule has 1 amide bonds. The van der Waals surface area contributed by atoms with Crippen molar-refractivity contribution in [3.05, 3.63) is 36.1 Å². The van der Waals surface area contributed by atoms with Gasteiger partial charge in [0, 0.05) is 17.5 Å². The summed E-state index contributed by atoms with van der Waals surface area (Å²) in [5.41, 5.74) is 1.42. The minimum absolute atomic E-state index is 0.0327. The van der Waals surface area contributed by atoms with Crippen LogP contribution in [0.3, 0.4) is 0 Å². The van der Waals surface area contributed by atoms with Crippen molar-refractivity contribution >= 4 is 16.9 Å². The lowest BCUT2D eigenvalue weighted by Gasteiger charge is -2.36. The first kappa shape index (κ1) is 11.3. The average molecular weight is 244 g/mol. The molecule has 2 heterocycles. The Hall–Kier alpha value is -1.81. The van der Waals surface area contributed by atoms with Gasteiger partial charge in [-0.15, -0.1) is 0 Å². The van der Waals surface area contributed by atoms with Crippen LogP contribution in [0.5, 0.6) is 0 Å². The van der Waals surface area contributed by atoms with E-state index < -0.39 is 5.54 Å². The van der Waals surface area contributed by atoms with E-state index in [-0.39, 0.29) is 11.9 Å². The van der Waals surface area contributed by atoms with E-state index in [1.165, 1.54) is 0 Å². The predicted octanol–water partition coefficient (Wildman–Crippen LogP) is 1.97. The Balaban J connectivity index is 2.00. The van der Waals surface area contributed by atoms with E-state index in [0.717, 1.165) is 16.5 Å². The zero-order valence-corrected chi connectivity index (χ0v) is 10.5. The molecule has 94 valence electrons. The van der Waals surface area contributed by atoms with Crippen molar-refractivity contribution in [1.82, 2.24) is 10.6 Å².